The number of carbonyl (C=O) groups is 1. The molecule has 8 nitrogen and oxygen atoms in total. The van der Waals surface area contributed by atoms with Gasteiger partial charge in [-0.3, -0.25) is 4.79 Å². The number of nitrogens with two attached hydrogens (primary N) is 2. The van der Waals surface area contributed by atoms with Gasteiger partial charge >= 0.3 is 0 Å². The summed E-state index contributed by atoms with van der Waals surface area (Å²) in [7, 11) is 1.86. The first-order valence-corrected chi connectivity index (χ1v) is 17.0. The van der Waals surface area contributed by atoms with Gasteiger partial charge < -0.3 is 31.3 Å². The quantitative estimate of drug-likeness (QED) is 0.224. The van der Waals surface area contributed by atoms with Crippen molar-refractivity contribution in [2.75, 3.05) is 46.3 Å². The summed E-state index contributed by atoms with van der Waals surface area (Å²) in [6.07, 6.45) is 12.8. The fourth-order valence-electron chi connectivity index (χ4n) is 8.50. The van der Waals surface area contributed by atoms with Crippen molar-refractivity contribution in [1.82, 2.24) is 15.1 Å². The molecule has 0 bridgehead atoms. The summed E-state index contributed by atoms with van der Waals surface area (Å²) < 4.78 is 23.9. The zero-order valence-corrected chi connectivity index (χ0v) is 27.1. The third-order valence-corrected chi connectivity index (χ3v) is 11.0. The highest BCUT2D eigenvalue weighted by atomic mass is 19.1. The molecule has 1 saturated carbocycles. The van der Waals surface area contributed by atoms with E-state index in [0.717, 1.165) is 90.6 Å². The molecule has 2 saturated heterocycles. The minimum atomic E-state index is -0.860. The summed E-state index contributed by atoms with van der Waals surface area (Å²) in [5.74, 6) is -1.04. The second kappa shape index (κ2) is 14.6. The number of piperidine rings is 2. The number of amides is 1. The standard InChI is InChI=1S/C33H59FN6O2/c1-6-10-15-40-16-11-12-25(21-40)42-28-13-17-39(9-4)22-26(28)37-31(41)29(30(35)36)27-19-33(14-7-2)23-32(33,8-3)18-24(34)20-38(27)5/h18,20,25-30H,6-17,19,21-23,35-36H2,1-5H3/p+1. The van der Waals surface area contributed by atoms with Gasteiger partial charge in [0.2, 0.25) is 5.91 Å². The van der Waals surface area contributed by atoms with Crippen LogP contribution in [0.3, 0.4) is 0 Å². The van der Waals surface area contributed by atoms with Crippen molar-refractivity contribution in [2.24, 2.45) is 28.2 Å². The molecule has 1 aliphatic carbocycles. The van der Waals surface area contributed by atoms with Gasteiger partial charge in [-0.15, -0.1) is 0 Å². The molecule has 0 aromatic rings. The maximum Gasteiger partial charge on any atom is 0.233 e. The van der Waals surface area contributed by atoms with E-state index in [2.05, 4.69) is 42.8 Å². The lowest BCUT2D eigenvalue weighted by Crippen LogP contribution is -2.62. The number of nitrogens with one attached hydrogen (secondary N) is 1. The van der Waals surface area contributed by atoms with Crippen molar-refractivity contribution in [1.29, 1.82) is 0 Å². The van der Waals surface area contributed by atoms with Crippen LogP contribution in [0.4, 0.5) is 4.39 Å². The lowest BCUT2D eigenvalue weighted by molar-refractivity contribution is -0.544. The number of hydrogen-bond donors (Lipinski definition) is 3. The summed E-state index contributed by atoms with van der Waals surface area (Å²) >= 11 is 0. The van der Waals surface area contributed by atoms with Crippen molar-refractivity contribution < 1.29 is 18.5 Å². The molecule has 1 amide bonds. The van der Waals surface area contributed by atoms with Gasteiger partial charge in [0.15, 0.2) is 18.1 Å². The molecule has 4 rings (SSSR count). The third-order valence-electron chi connectivity index (χ3n) is 11.0. The molecule has 3 heterocycles. The summed E-state index contributed by atoms with van der Waals surface area (Å²) in [6.45, 7) is 14.6. The maximum absolute atomic E-state index is 15.2. The van der Waals surface area contributed by atoms with Gasteiger partial charge in [-0.25, -0.2) is 8.97 Å². The first kappa shape index (κ1) is 33.5. The van der Waals surface area contributed by atoms with E-state index in [-0.39, 0.29) is 46.9 Å². The number of carbonyl (C=O) groups excluding carboxylic acids is 1. The van der Waals surface area contributed by atoms with Crippen molar-refractivity contribution in [3.05, 3.63) is 11.9 Å². The van der Waals surface area contributed by atoms with Crippen molar-refractivity contribution in [3.8, 4) is 0 Å². The Balaban J connectivity index is 1.53. The Morgan fingerprint density at radius 1 is 1.17 bits per heavy atom. The lowest BCUT2D eigenvalue weighted by Gasteiger charge is -2.42. The fourth-order valence-corrected chi connectivity index (χ4v) is 8.50. The molecule has 42 heavy (non-hydrogen) atoms. The Hall–Kier alpha value is -1.39. The van der Waals surface area contributed by atoms with Gasteiger partial charge in [0, 0.05) is 26.1 Å². The molecule has 240 valence electrons. The topological polar surface area (TPSA) is 99.9 Å². The van der Waals surface area contributed by atoms with E-state index in [1.807, 2.05) is 17.7 Å². The Kier molecular flexibility index (Phi) is 11.6. The monoisotopic (exact) mass is 591 g/mol. The highest BCUT2D eigenvalue weighted by Gasteiger charge is 2.66. The number of likely N-dealkylation sites (tertiary alicyclic amines) is 2. The largest absolute Gasteiger partial charge is 0.371 e. The van der Waals surface area contributed by atoms with Crippen molar-refractivity contribution >= 4 is 12.1 Å². The van der Waals surface area contributed by atoms with Gasteiger partial charge in [0.1, 0.15) is 13.0 Å². The second-order valence-electron chi connectivity index (χ2n) is 13.8. The smallest absolute Gasteiger partial charge is 0.233 e. The number of allylic oxidation sites excluding steroid dienone is 2. The Labute approximate surface area is 254 Å². The molecule has 7 unspecified atom stereocenters. The molecule has 4 aliphatic rings. The predicted octanol–water partition coefficient (Wildman–Crippen LogP) is 3.63. The minimum absolute atomic E-state index is 0.0332. The number of fused-ring (bicyclic) bond motifs is 1. The number of unbranched alkanes of at least 4 members (excludes halogenated alkanes) is 1. The maximum atomic E-state index is 15.2. The van der Waals surface area contributed by atoms with Crippen LogP contribution in [0.25, 0.3) is 0 Å². The molecule has 0 spiro atoms. The van der Waals surface area contributed by atoms with E-state index < -0.39 is 12.1 Å². The molecule has 5 N–H and O–H groups in total. The van der Waals surface area contributed by atoms with Crippen LogP contribution in [0, 0.1) is 16.7 Å². The molecule has 0 radical (unpaired) electrons. The Morgan fingerprint density at radius 2 is 1.95 bits per heavy atom. The van der Waals surface area contributed by atoms with E-state index >= 15 is 4.39 Å². The van der Waals surface area contributed by atoms with E-state index in [0.29, 0.717) is 0 Å². The van der Waals surface area contributed by atoms with Crippen LogP contribution in [-0.4, -0.2) is 103 Å². The molecule has 3 aliphatic heterocycles. The van der Waals surface area contributed by atoms with Crippen molar-refractivity contribution in [3.63, 3.8) is 0 Å². The summed E-state index contributed by atoms with van der Waals surface area (Å²) in [4.78, 5) is 19.1. The number of ether oxygens (including phenoxy) is 1. The number of rotatable bonds is 13. The predicted molar refractivity (Wildman–Crippen MR) is 168 cm³/mol. The second-order valence-corrected chi connectivity index (χ2v) is 13.8. The Bertz CT molecular complexity index is 974. The van der Waals surface area contributed by atoms with Gasteiger partial charge in [0.25, 0.3) is 0 Å². The summed E-state index contributed by atoms with van der Waals surface area (Å²) in [5.41, 5.74) is 12.6. The fraction of sp³-hybridized carbons (Fsp3) is 0.879. The highest BCUT2D eigenvalue weighted by molar-refractivity contribution is 5.81. The molecule has 0 aromatic carbocycles. The molecule has 0 aromatic heterocycles. The molecule has 3 fully saturated rings. The molecular formula is C33H60FN6O2+. The van der Waals surface area contributed by atoms with Crippen LogP contribution >= 0.6 is 0 Å². The average Bonchev–Trinajstić information content (AvgIpc) is 3.56. The first-order chi connectivity index (χ1) is 20.1. The van der Waals surface area contributed by atoms with Crippen LogP contribution < -0.4 is 16.8 Å². The van der Waals surface area contributed by atoms with E-state index in [1.165, 1.54) is 19.1 Å². The SMILES string of the molecule is CCCCN1CCCC(OC2CCN(CC)CC2NC(=O)C(C(N)N)C2CC3(CCC)CC3(CC)C=C(F)C=[N+]2C)C1. The first-order valence-electron chi connectivity index (χ1n) is 17.0. The van der Waals surface area contributed by atoms with E-state index in [1.54, 1.807) is 0 Å². The lowest BCUT2D eigenvalue weighted by atomic mass is 9.77. The van der Waals surface area contributed by atoms with E-state index in [4.69, 9.17) is 16.2 Å². The zero-order chi connectivity index (χ0) is 30.5. The van der Waals surface area contributed by atoms with Crippen LogP contribution in [0.1, 0.15) is 91.9 Å². The van der Waals surface area contributed by atoms with Crippen LogP contribution in [0.15, 0.2) is 11.9 Å². The zero-order valence-electron chi connectivity index (χ0n) is 27.1. The normalized spacial score (nSPS) is 35.1. The third kappa shape index (κ3) is 7.45. The van der Waals surface area contributed by atoms with Crippen LogP contribution in [0.5, 0.6) is 0 Å². The van der Waals surface area contributed by atoms with Gasteiger partial charge in [-0.1, -0.05) is 40.5 Å². The van der Waals surface area contributed by atoms with Crippen LogP contribution in [0.2, 0.25) is 0 Å². The minimum Gasteiger partial charge on any atom is -0.371 e. The van der Waals surface area contributed by atoms with E-state index in [9.17, 15) is 4.79 Å². The van der Waals surface area contributed by atoms with Gasteiger partial charge in [0.05, 0.1) is 24.4 Å². The number of nitrogens with zero attached hydrogens (tertiary/aromatic N) is 3. The van der Waals surface area contributed by atoms with Crippen molar-refractivity contribution in [2.45, 2.75) is 122 Å². The van der Waals surface area contributed by atoms with Gasteiger partial charge in [-0.05, 0) is 81.5 Å². The highest BCUT2D eigenvalue weighted by Crippen LogP contribution is 2.72. The number of likely N-dealkylation sites (N-methyl/N-ethyl adjacent to an activating group) is 1. The van der Waals surface area contributed by atoms with Gasteiger partial charge in [-0.2, -0.15) is 0 Å². The Morgan fingerprint density at radius 3 is 2.62 bits per heavy atom. The molecule has 7 atom stereocenters. The summed E-state index contributed by atoms with van der Waals surface area (Å²) in [5, 5.41) is 3.38. The number of hydrogen-bond acceptors (Lipinski definition) is 6. The summed E-state index contributed by atoms with van der Waals surface area (Å²) in [6, 6.07) is -0.432. The number of halogens is 1. The molecular weight excluding hydrogens is 531 g/mol. The molecule has 9 heteroatoms. The average molecular weight is 592 g/mol. The van der Waals surface area contributed by atoms with Crippen LogP contribution in [-0.2, 0) is 9.53 Å².